The van der Waals surface area contributed by atoms with Crippen LogP contribution in [-0.2, 0) is 14.0 Å². The van der Waals surface area contributed by atoms with Gasteiger partial charge in [-0.15, -0.1) is 0 Å². The minimum Gasteiger partial charge on any atom is -0.405 e. The smallest absolute Gasteiger partial charge is 0.253 e. The maximum atomic E-state index is 12.6. The van der Waals surface area contributed by atoms with Crippen molar-refractivity contribution in [2.24, 2.45) is 0 Å². The normalized spacial score (nSPS) is 13.7. The lowest BCUT2D eigenvalue weighted by molar-refractivity contribution is -0.124. The van der Waals surface area contributed by atoms with Crippen LogP contribution in [0.15, 0.2) is 18.3 Å². The molecule has 6 heteroatoms. The van der Waals surface area contributed by atoms with E-state index >= 15 is 0 Å². The Kier molecular flexibility index (Phi) is 6.92. The fourth-order valence-corrected chi connectivity index (χ4v) is 3.04. The molecule has 1 rings (SSSR count). The molecule has 0 aliphatic heterocycles. The van der Waals surface area contributed by atoms with E-state index in [4.69, 9.17) is 9.16 Å². The minimum absolute atomic E-state index is 0.0424. The van der Waals surface area contributed by atoms with Gasteiger partial charge in [-0.1, -0.05) is 26.8 Å². The SMILES string of the molecule is COCCC(O[Si](C)(C)C(C)(C)C)C(=O)Nc1ccc(C)cn1. The number of ether oxygens (including phenoxy) is 1. The summed E-state index contributed by atoms with van der Waals surface area (Å²) in [5, 5.41) is 2.89. The zero-order chi connectivity index (χ0) is 17.7. The Morgan fingerprint density at radius 2 is 2.00 bits per heavy atom. The molecule has 0 aromatic carbocycles. The Morgan fingerprint density at radius 1 is 1.35 bits per heavy atom. The number of nitrogens with zero attached hydrogens (tertiary/aromatic N) is 1. The maximum Gasteiger partial charge on any atom is 0.253 e. The largest absolute Gasteiger partial charge is 0.405 e. The molecule has 0 aliphatic rings. The average Bonchev–Trinajstić information content (AvgIpc) is 2.44. The van der Waals surface area contributed by atoms with Gasteiger partial charge in [-0.05, 0) is 36.7 Å². The lowest BCUT2D eigenvalue weighted by Crippen LogP contribution is -2.47. The summed E-state index contributed by atoms with van der Waals surface area (Å²) in [6, 6.07) is 3.72. The fraction of sp³-hybridized carbons (Fsp3) is 0.647. The van der Waals surface area contributed by atoms with Gasteiger partial charge in [0.15, 0.2) is 8.32 Å². The summed E-state index contributed by atoms with van der Waals surface area (Å²) < 4.78 is 11.4. The third kappa shape index (κ3) is 6.05. The second kappa shape index (κ2) is 8.03. The summed E-state index contributed by atoms with van der Waals surface area (Å²) in [7, 11) is -0.416. The van der Waals surface area contributed by atoms with E-state index in [-0.39, 0.29) is 10.9 Å². The molecule has 1 N–H and O–H groups in total. The van der Waals surface area contributed by atoms with Crippen LogP contribution < -0.4 is 5.32 Å². The summed E-state index contributed by atoms with van der Waals surface area (Å²) in [4.78, 5) is 16.8. The van der Waals surface area contributed by atoms with E-state index in [9.17, 15) is 4.79 Å². The molecule has 1 heterocycles. The molecule has 0 spiro atoms. The molecule has 23 heavy (non-hydrogen) atoms. The van der Waals surface area contributed by atoms with E-state index in [1.165, 1.54) is 0 Å². The van der Waals surface area contributed by atoms with Gasteiger partial charge in [-0.2, -0.15) is 0 Å². The van der Waals surface area contributed by atoms with Gasteiger partial charge < -0.3 is 14.5 Å². The van der Waals surface area contributed by atoms with Crippen molar-refractivity contribution in [2.75, 3.05) is 19.0 Å². The van der Waals surface area contributed by atoms with E-state index in [2.05, 4.69) is 44.2 Å². The number of hydrogen-bond donors (Lipinski definition) is 1. The van der Waals surface area contributed by atoms with E-state index < -0.39 is 14.4 Å². The number of methoxy groups -OCH3 is 1. The number of rotatable bonds is 7. The van der Waals surface area contributed by atoms with Crippen LogP contribution in [0.3, 0.4) is 0 Å². The standard InChI is InChI=1S/C17H30N2O3Si/c1-13-8-9-15(18-12-13)19-16(20)14(10-11-21-5)22-23(6,7)17(2,3)4/h8-9,12,14H,10-11H2,1-7H3,(H,18,19,20). The molecule has 0 aliphatic carbocycles. The highest BCUT2D eigenvalue weighted by atomic mass is 28.4. The third-order valence-electron chi connectivity index (χ3n) is 4.28. The first-order valence-electron chi connectivity index (χ1n) is 7.97. The Hall–Kier alpha value is -1.24. The average molecular weight is 339 g/mol. The predicted octanol–water partition coefficient (Wildman–Crippen LogP) is 3.76. The summed E-state index contributed by atoms with van der Waals surface area (Å²) in [5.41, 5.74) is 1.05. The highest BCUT2D eigenvalue weighted by Crippen LogP contribution is 2.37. The number of amides is 1. The third-order valence-corrected chi connectivity index (χ3v) is 8.77. The van der Waals surface area contributed by atoms with E-state index in [1.807, 2.05) is 13.0 Å². The molecular formula is C17H30N2O3Si. The molecule has 1 atom stereocenters. The molecule has 0 bridgehead atoms. The van der Waals surface area contributed by atoms with E-state index in [1.54, 1.807) is 19.4 Å². The molecule has 1 aromatic heterocycles. The first kappa shape index (κ1) is 19.8. The topological polar surface area (TPSA) is 60.5 Å². The molecule has 1 amide bonds. The van der Waals surface area contributed by atoms with Crippen LogP contribution in [0, 0.1) is 6.92 Å². The van der Waals surface area contributed by atoms with Crippen molar-refractivity contribution in [1.29, 1.82) is 0 Å². The molecule has 1 unspecified atom stereocenters. The second-order valence-electron chi connectivity index (χ2n) is 7.36. The van der Waals surface area contributed by atoms with E-state index in [0.29, 0.717) is 18.8 Å². The quantitative estimate of drug-likeness (QED) is 0.769. The van der Waals surface area contributed by atoms with Crippen molar-refractivity contribution >= 4 is 20.0 Å². The van der Waals surface area contributed by atoms with Crippen LogP contribution in [0.2, 0.25) is 18.1 Å². The predicted molar refractivity (Wildman–Crippen MR) is 96.2 cm³/mol. The van der Waals surface area contributed by atoms with Crippen molar-refractivity contribution in [3.05, 3.63) is 23.9 Å². The second-order valence-corrected chi connectivity index (χ2v) is 12.1. The molecule has 1 aromatic rings. The van der Waals surface area contributed by atoms with E-state index in [0.717, 1.165) is 5.56 Å². The Morgan fingerprint density at radius 3 is 2.48 bits per heavy atom. The number of carbonyl (C=O) groups excluding carboxylic acids is 1. The molecule has 0 fully saturated rings. The summed E-state index contributed by atoms with van der Waals surface area (Å²) in [6.45, 7) is 13.2. The van der Waals surface area contributed by atoms with Gasteiger partial charge in [0, 0.05) is 26.3 Å². The number of pyridine rings is 1. The zero-order valence-electron chi connectivity index (χ0n) is 15.4. The molecule has 5 nitrogen and oxygen atoms in total. The minimum atomic E-state index is -2.04. The summed E-state index contributed by atoms with van der Waals surface area (Å²) in [5.74, 6) is 0.380. The molecule has 0 saturated carbocycles. The first-order valence-corrected chi connectivity index (χ1v) is 10.9. The van der Waals surface area contributed by atoms with Crippen LogP contribution in [0.1, 0.15) is 32.8 Å². The zero-order valence-corrected chi connectivity index (χ0v) is 16.4. The Bertz CT molecular complexity index is 510. The monoisotopic (exact) mass is 338 g/mol. The number of carbonyl (C=O) groups is 1. The lowest BCUT2D eigenvalue weighted by atomic mass is 10.2. The number of aryl methyl sites for hydroxylation is 1. The maximum absolute atomic E-state index is 12.6. The van der Waals surface area contributed by atoms with Crippen molar-refractivity contribution in [1.82, 2.24) is 4.98 Å². The van der Waals surface area contributed by atoms with Crippen molar-refractivity contribution in [3.63, 3.8) is 0 Å². The highest BCUT2D eigenvalue weighted by Gasteiger charge is 2.40. The van der Waals surface area contributed by atoms with Gasteiger partial charge in [-0.3, -0.25) is 4.79 Å². The van der Waals surface area contributed by atoms with Gasteiger partial charge in [0.2, 0.25) is 0 Å². The first-order chi connectivity index (χ1) is 10.6. The van der Waals surface area contributed by atoms with Gasteiger partial charge in [0.25, 0.3) is 5.91 Å². The van der Waals surface area contributed by atoms with Gasteiger partial charge >= 0.3 is 0 Å². The van der Waals surface area contributed by atoms with Crippen LogP contribution >= 0.6 is 0 Å². The van der Waals surface area contributed by atoms with Crippen molar-refractivity contribution < 1.29 is 14.0 Å². The molecule has 130 valence electrons. The van der Waals surface area contributed by atoms with Crippen LogP contribution in [-0.4, -0.2) is 39.0 Å². The van der Waals surface area contributed by atoms with Gasteiger partial charge in [0.05, 0.1) is 0 Å². The number of aromatic nitrogens is 1. The van der Waals surface area contributed by atoms with Gasteiger partial charge in [0.1, 0.15) is 11.9 Å². The van der Waals surface area contributed by atoms with Crippen molar-refractivity contribution in [2.45, 2.75) is 58.4 Å². The lowest BCUT2D eigenvalue weighted by Gasteiger charge is -2.38. The van der Waals surface area contributed by atoms with Crippen molar-refractivity contribution in [3.8, 4) is 0 Å². The Balaban J connectivity index is 2.83. The number of hydrogen-bond acceptors (Lipinski definition) is 4. The number of anilines is 1. The molecule has 0 radical (unpaired) electrons. The van der Waals surface area contributed by atoms with Crippen LogP contribution in [0.5, 0.6) is 0 Å². The summed E-state index contributed by atoms with van der Waals surface area (Å²) >= 11 is 0. The summed E-state index contributed by atoms with van der Waals surface area (Å²) in [6.07, 6.45) is 1.73. The Labute approximate surface area is 140 Å². The van der Waals surface area contributed by atoms with Crippen LogP contribution in [0.4, 0.5) is 5.82 Å². The van der Waals surface area contributed by atoms with Crippen LogP contribution in [0.25, 0.3) is 0 Å². The highest BCUT2D eigenvalue weighted by molar-refractivity contribution is 6.74. The van der Waals surface area contributed by atoms with Gasteiger partial charge in [-0.25, -0.2) is 4.98 Å². The number of nitrogens with one attached hydrogen (secondary N) is 1. The molecular weight excluding hydrogens is 308 g/mol. The fourth-order valence-electron chi connectivity index (χ4n) is 1.75. The molecule has 0 saturated heterocycles.